The highest BCUT2D eigenvalue weighted by Crippen LogP contribution is 2.47. The smallest absolute Gasteiger partial charge is 0.378 e. The minimum absolute atomic E-state index is 0.229. The molecule has 7 rings (SSSR count). The number of hydrogen-bond acceptors (Lipinski definition) is 11. The quantitative estimate of drug-likeness (QED) is 0.189. The summed E-state index contributed by atoms with van der Waals surface area (Å²) >= 11 is 0. The molecular formula is C34H28F7N11O2. The van der Waals surface area contributed by atoms with Crippen molar-refractivity contribution in [2.24, 2.45) is 0 Å². The number of anilines is 2. The van der Waals surface area contributed by atoms with E-state index in [4.69, 9.17) is 0 Å². The largest absolute Gasteiger partial charge is 0.420 e. The van der Waals surface area contributed by atoms with Crippen molar-refractivity contribution in [2.75, 3.05) is 36.0 Å². The molecule has 13 nitrogen and oxygen atoms in total. The summed E-state index contributed by atoms with van der Waals surface area (Å²) in [5, 5.41) is 38.1. The second-order valence-corrected chi connectivity index (χ2v) is 12.4. The molecule has 280 valence electrons. The number of piperazine rings is 1. The average molecular weight is 756 g/mol. The Bertz CT molecular complexity index is 2190. The van der Waals surface area contributed by atoms with Crippen molar-refractivity contribution in [2.45, 2.75) is 30.3 Å². The molecule has 6 aromatic rings. The molecule has 1 fully saturated rings. The number of pyridine rings is 2. The molecule has 1 unspecified atom stereocenters. The molecule has 4 aromatic heterocycles. The standard InChI is InChI=1S/C34H28F7N11O2/c35-23-4-8-26(27(36)15-23)32(54,19-51-20-44-46-48-51)33(37,38)29-9-3-22(16-42-29)21-1-5-24(6-2-21)49-11-13-50(14-12-49)25-7-10-30(43-17-25)52-18-28(45-47-52)31(53)34(39,40)41/h1-10,15-18,20,31,53-54H,11-14,19H2/t31?,32-/m0/s1. The highest BCUT2D eigenvalue weighted by atomic mass is 19.4. The summed E-state index contributed by atoms with van der Waals surface area (Å²) in [4.78, 5) is 12.5. The average Bonchev–Trinajstić information content (AvgIpc) is 3.87. The maximum atomic E-state index is 16.1. The molecule has 1 saturated heterocycles. The summed E-state index contributed by atoms with van der Waals surface area (Å²) in [7, 11) is 0. The lowest BCUT2D eigenvalue weighted by molar-refractivity contribution is -0.208. The van der Waals surface area contributed by atoms with Gasteiger partial charge in [0.2, 0.25) is 0 Å². The Hall–Kier alpha value is -6.02. The molecule has 20 heteroatoms. The predicted molar refractivity (Wildman–Crippen MR) is 176 cm³/mol. The van der Waals surface area contributed by atoms with Crippen LogP contribution in [0.3, 0.4) is 0 Å². The molecule has 2 N–H and O–H groups in total. The Kier molecular flexibility index (Phi) is 9.48. The number of nitrogens with zero attached hydrogens (tertiary/aromatic N) is 11. The van der Waals surface area contributed by atoms with Gasteiger partial charge in [-0.05, 0) is 58.5 Å². The van der Waals surface area contributed by atoms with Crippen LogP contribution in [0.2, 0.25) is 0 Å². The molecular weight excluding hydrogens is 727 g/mol. The monoisotopic (exact) mass is 755 g/mol. The summed E-state index contributed by atoms with van der Waals surface area (Å²) in [6.07, 6.45) is -2.89. The normalized spacial score (nSPS) is 15.6. The fourth-order valence-corrected chi connectivity index (χ4v) is 6.10. The second kappa shape index (κ2) is 14.1. The van der Waals surface area contributed by atoms with Gasteiger partial charge in [-0.3, -0.25) is 4.98 Å². The predicted octanol–water partition coefficient (Wildman–Crippen LogP) is 4.59. The topological polar surface area (TPSA) is 147 Å². The van der Waals surface area contributed by atoms with Crippen LogP contribution in [-0.2, 0) is 18.1 Å². The number of tetrazole rings is 1. The number of alkyl halides is 5. The minimum atomic E-state index is -4.87. The SMILES string of the molecule is OC(c1cn(-c2ccc(N3CCN(c4ccc(-c5ccc(C(F)(F)[C@](O)(Cn6cnnn6)c6ccc(F)cc6F)nc5)cc4)CC3)cn2)nn1)C(F)(F)F. The zero-order valence-corrected chi connectivity index (χ0v) is 27.7. The van der Waals surface area contributed by atoms with Crippen LogP contribution in [0.1, 0.15) is 23.1 Å². The van der Waals surface area contributed by atoms with Crippen molar-refractivity contribution >= 4 is 11.4 Å². The first kappa shape index (κ1) is 36.3. The van der Waals surface area contributed by atoms with E-state index in [1.807, 2.05) is 24.3 Å². The van der Waals surface area contributed by atoms with Gasteiger partial charge in [0.05, 0.1) is 24.6 Å². The lowest BCUT2D eigenvalue weighted by atomic mass is 9.84. The summed E-state index contributed by atoms with van der Waals surface area (Å²) < 4.78 is 101. The van der Waals surface area contributed by atoms with E-state index in [0.717, 1.165) is 51.5 Å². The number of aliphatic hydroxyl groups is 2. The van der Waals surface area contributed by atoms with Gasteiger partial charge in [-0.25, -0.2) is 23.1 Å². The lowest BCUT2D eigenvalue weighted by Crippen LogP contribution is -2.48. The van der Waals surface area contributed by atoms with Gasteiger partial charge in [0.1, 0.15) is 29.3 Å². The van der Waals surface area contributed by atoms with E-state index in [1.54, 1.807) is 18.3 Å². The van der Waals surface area contributed by atoms with Crippen LogP contribution in [0.15, 0.2) is 91.6 Å². The van der Waals surface area contributed by atoms with Crippen molar-refractivity contribution in [3.8, 4) is 16.9 Å². The van der Waals surface area contributed by atoms with Crippen LogP contribution in [0.25, 0.3) is 16.9 Å². The number of aliphatic hydroxyl groups excluding tert-OH is 1. The van der Waals surface area contributed by atoms with E-state index in [0.29, 0.717) is 43.4 Å². The van der Waals surface area contributed by atoms with Gasteiger partial charge in [0, 0.05) is 55.3 Å². The molecule has 2 aromatic carbocycles. The molecule has 0 bridgehead atoms. The molecule has 0 aliphatic carbocycles. The molecule has 0 saturated carbocycles. The van der Waals surface area contributed by atoms with Crippen LogP contribution < -0.4 is 9.80 Å². The van der Waals surface area contributed by atoms with E-state index >= 15 is 8.78 Å². The summed E-state index contributed by atoms with van der Waals surface area (Å²) in [6, 6.07) is 15.1. The van der Waals surface area contributed by atoms with Gasteiger partial charge in [-0.1, -0.05) is 23.4 Å². The van der Waals surface area contributed by atoms with Crippen LogP contribution in [0, 0.1) is 11.6 Å². The van der Waals surface area contributed by atoms with Gasteiger partial charge >= 0.3 is 12.1 Å². The van der Waals surface area contributed by atoms with Crippen LogP contribution in [0.4, 0.5) is 42.1 Å². The van der Waals surface area contributed by atoms with Crippen LogP contribution in [-0.4, -0.2) is 87.7 Å². The maximum Gasteiger partial charge on any atom is 0.420 e. The van der Waals surface area contributed by atoms with E-state index in [-0.39, 0.29) is 5.82 Å². The number of benzene rings is 2. The Labute approximate surface area is 300 Å². The van der Waals surface area contributed by atoms with Gasteiger partial charge in [-0.15, -0.1) is 10.2 Å². The Morgan fingerprint density at radius 2 is 1.44 bits per heavy atom. The Balaban J connectivity index is 0.999. The third-order valence-corrected chi connectivity index (χ3v) is 9.04. The summed E-state index contributed by atoms with van der Waals surface area (Å²) in [5.74, 6) is -6.35. The summed E-state index contributed by atoms with van der Waals surface area (Å²) in [5.41, 5.74) is -2.74. The van der Waals surface area contributed by atoms with E-state index < -0.39 is 58.9 Å². The van der Waals surface area contributed by atoms with Crippen molar-refractivity contribution in [3.05, 3.63) is 120 Å². The molecule has 0 spiro atoms. The zero-order valence-electron chi connectivity index (χ0n) is 27.7. The van der Waals surface area contributed by atoms with Crippen molar-refractivity contribution in [1.29, 1.82) is 0 Å². The fraction of sp³-hybridized carbons (Fsp3) is 0.265. The van der Waals surface area contributed by atoms with E-state index in [1.165, 1.54) is 12.3 Å². The van der Waals surface area contributed by atoms with Crippen molar-refractivity contribution in [1.82, 2.24) is 45.2 Å². The van der Waals surface area contributed by atoms with Gasteiger partial charge in [0.25, 0.3) is 0 Å². The highest BCUT2D eigenvalue weighted by Gasteiger charge is 2.58. The van der Waals surface area contributed by atoms with Crippen molar-refractivity contribution in [3.63, 3.8) is 0 Å². The first-order valence-electron chi connectivity index (χ1n) is 16.2. The number of halogens is 7. The van der Waals surface area contributed by atoms with Gasteiger partial charge < -0.3 is 20.0 Å². The summed E-state index contributed by atoms with van der Waals surface area (Å²) in [6.45, 7) is 1.60. The third-order valence-electron chi connectivity index (χ3n) is 9.04. The van der Waals surface area contributed by atoms with Gasteiger partial charge in [-0.2, -0.15) is 22.0 Å². The van der Waals surface area contributed by atoms with E-state index in [2.05, 4.69) is 45.6 Å². The van der Waals surface area contributed by atoms with Crippen molar-refractivity contribution < 1.29 is 40.9 Å². The Morgan fingerprint density at radius 3 is 2.04 bits per heavy atom. The fourth-order valence-electron chi connectivity index (χ4n) is 6.10. The maximum absolute atomic E-state index is 16.1. The molecule has 2 atom stereocenters. The number of aromatic nitrogens is 9. The minimum Gasteiger partial charge on any atom is -0.378 e. The lowest BCUT2D eigenvalue weighted by Gasteiger charge is -2.37. The molecule has 1 aliphatic rings. The number of rotatable bonds is 10. The molecule has 0 radical (unpaired) electrons. The van der Waals surface area contributed by atoms with Crippen LogP contribution in [0.5, 0.6) is 0 Å². The third kappa shape index (κ3) is 7.04. The van der Waals surface area contributed by atoms with Gasteiger partial charge in [0.15, 0.2) is 17.5 Å². The molecule has 54 heavy (non-hydrogen) atoms. The highest BCUT2D eigenvalue weighted by molar-refractivity contribution is 5.66. The van der Waals surface area contributed by atoms with E-state index in [9.17, 15) is 32.2 Å². The number of hydrogen-bond donors (Lipinski definition) is 2. The first-order chi connectivity index (χ1) is 25.7. The second-order valence-electron chi connectivity index (χ2n) is 12.4. The molecule has 1 aliphatic heterocycles. The van der Waals surface area contributed by atoms with Crippen LogP contribution >= 0.6 is 0 Å². The molecule has 5 heterocycles. The Morgan fingerprint density at radius 1 is 0.759 bits per heavy atom. The zero-order chi connectivity index (χ0) is 38.3. The molecule has 0 amide bonds. The first-order valence-corrected chi connectivity index (χ1v) is 16.2.